The van der Waals surface area contributed by atoms with Crippen LogP contribution in [0.4, 0.5) is 16.3 Å². The number of fused-ring (bicyclic) bond motifs is 1. The number of hydrogen-bond donors (Lipinski definition) is 1. The van der Waals surface area contributed by atoms with Crippen molar-refractivity contribution in [1.82, 2.24) is 24.2 Å². The summed E-state index contributed by atoms with van der Waals surface area (Å²) < 4.78 is 53.2. The maximum absolute atomic E-state index is 13.5. The monoisotopic (exact) mass is 594 g/mol. The Kier molecular flexibility index (Phi) is 6.27. The Balaban J connectivity index is 1.41. The highest BCUT2D eigenvalue weighted by atomic mass is 32.2. The van der Waals surface area contributed by atoms with Crippen molar-refractivity contribution in [3.8, 4) is 12.3 Å². The minimum absolute atomic E-state index is 0.167. The van der Waals surface area contributed by atoms with E-state index < -0.39 is 57.6 Å². The van der Waals surface area contributed by atoms with E-state index in [9.17, 15) is 13.2 Å². The van der Waals surface area contributed by atoms with Gasteiger partial charge in [-0.2, -0.15) is 0 Å². The van der Waals surface area contributed by atoms with E-state index in [1.165, 1.54) is 17.6 Å². The van der Waals surface area contributed by atoms with E-state index in [2.05, 4.69) is 32.2 Å². The van der Waals surface area contributed by atoms with E-state index >= 15 is 0 Å². The van der Waals surface area contributed by atoms with Crippen molar-refractivity contribution in [2.45, 2.75) is 76.1 Å². The largest absolute Gasteiger partial charge is 0.443 e. The summed E-state index contributed by atoms with van der Waals surface area (Å²) in [6, 6.07) is 6.18. The average Bonchev–Trinajstić information content (AvgIpc) is 3.24. The minimum Gasteiger partial charge on any atom is -0.443 e. The average molecular weight is 595 g/mol. The van der Waals surface area contributed by atoms with Gasteiger partial charge in [0.25, 0.3) is 0 Å². The maximum Gasteiger partial charge on any atom is 0.420 e. The zero-order valence-electron chi connectivity index (χ0n) is 23.6. The van der Waals surface area contributed by atoms with Crippen molar-refractivity contribution in [2.75, 3.05) is 4.90 Å². The molecule has 4 heterocycles. The van der Waals surface area contributed by atoms with E-state index in [1.54, 1.807) is 63.5 Å². The molecule has 2 saturated heterocycles. The third-order valence-corrected chi connectivity index (χ3v) is 8.15. The molecule has 0 radical (unpaired) electrons. The Bertz CT molecular complexity index is 1760. The molecule has 220 valence electrons. The molecule has 6 rings (SSSR count). The second-order valence-corrected chi connectivity index (χ2v) is 13.3. The van der Waals surface area contributed by atoms with Crippen LogP contribution in [0.1, 0.15) is 46.4 Å². The lowest BCUT2D eigenvalue weighted by atomic mass is 10.1. The molecular weight excluding hydrogens is 564 g/mol. The van der Waals surface area contributed by atoms with Crippen molar-refractivity contribution in [3.05, 3.63) is 54.5 Å². The number of benzene rings is 1. The smallest absolute Gasteiger partial charge is 0.420 e. The van der Waals surface area contributed by atoms with Gasteiger partial charge in [-0.3, -0.25) is 4.57 Å². The van der Waals surface area contributed by atoms with E-state index in [0.29, 0.717) is 16.9 Å². The van der Waals surface area contributed by atoms with Gasteiger partial charge in [0, 0.05) is 11.0 Å². The molecule has 3 aliphatic rings. The number of nitrogens with one attached hydrogen (secondary N) is 1. The topological polar surface area (TPSA) is 147 Å². The molecule has 2 aromatic heterocycles. The molecule has 1 saturated carbocycles. The highest BCUT2D eigenvalue weighted by Crippen LogP contribution is 2.63. The third-order valence-electron chi connectivity index (χ3n) is 7.13. The van der Waals surface area contributed by atoms with Crippen LogP contribution in [0.2, 0.25) is 0 Å². The number of ether oxygens (including phenoxy) is 4. The summed E-state index contributed by atoms with van der Waals surface area (Å²) >= 11 is 0. The van der Waals surface area contributed by atoms with Crippen LogP contribution in [0.15, 0.2) is 48.9 Å². The summed E-state index contributed by atoms with van der Waals surface area (Å²) in [5.41, 5.74) is -0.237. The van der Waals surface area contributed by atoms with E-state index in [1.807, 2.05) is 0 Å². The highest BCUT2D eigenvalue weighted by Gasteiger charge is 2.84. The summed E-state index contributed by atoms with van der Waals surface area (Å²) in [5.74, 6) is 1.73. The van der Waals surface area contributed by atoms with Gasteiger partial charge in [-0.15, -0.1) is 6.42 Å². The quantitative estimate of drug-likeness (QED) is 0.422. The van der Waals surface area contributed by atoms with Crippen LogP contribution in [0.5, 0.6) is 0 Å². The number of aromatic nitrogens is 4. The summed E-state index contributed by atoms with van der Waals surface area (Å²) in [6.07, 6.45) is 5.64. The number of rotatable bonds is 6. The van der Waals surface area contributed by atoms with Gasteiger partial charge >= 0.3 is 6.09 Å². The predicted molar refractivity (Wildman–Crippen MR) is 151 cm³/mol. The van der Waals surface area contributed by atoms with Crippen molar-refractivity contribution in [1.29, 1.82) is 0 Å². The first kappa shape index (κ1) is 28.3. The molecule has 3 aromatic rings. The van der Waals surface area contributed by atoms with Crippen LogP contribution in [0.25, 0.3) is 11.2 Å². The van der Waals surface area contributed by atoms with Crippen molar-refractivity contribution >= 4 is 38.8 Å². The molecule has 1 aliphatic carbocycles. The predicted octanol–water partition coefficient (Wildman–Crippen LogP) is 3.11. The van der Waals surface area contributed by atoms with Gasteiger partial charge in [0.2, 0.25) is 10.0 Å². The Hall–Kier alpha value is -3.87. The second kappa shape index (κ2) is 9.32. The van der Waals surface area contributed by atoms with Gasteiger partial charge in [0.1, 0.15) is 29.7 Å². The summed E-state index contributed by atoms with van der Waals surface area (Å²) in [4.78, 5) is 28.2. The number of amides is 1. The molecule has 1 spiro atoms. The van der Waals surface area contributed by atoms with Gasteiger partial charge in [0.15, 0.2) is 29.0 Å². The molecule has 1 N–H and O–H groups in total. The normalized spacial score (nSPS) is 27.6. The van der Waals surface area contributed by atoms with Gasteiger partial charge in [-0.1, -0.05) is 18.6 Å². The molecular formula is C28H30N6O7S. The molecule has 1 aromatic carbocycles. The number of carbonyl (C=O) groups excluding carboxylic acids is 1. The van der Waals surface area contributed by atoms with Crippen molar-refractivity contribution in [2.24, 2.45) is 0 Å². The zero-order valence-corrected chi connectivity index (χ0v) is 24.5. The van der Waals surface area contributed by atoms with E-state index in [-0.39, 0.29) is 11.3 Å². The van der Waals surface area contributed by atoms with Crippen molar-refractivity contribution in [3.63, 3.8) is 0 Å². The maximum atomic E-state index is 13.5. The molecule has 14 heteroatoms. The third kappa shape index (κ3) is 4.54. The van der Waals surface area contributed by atoms with Gasteiger partial charge in [-0.05, 0) is 52.8 Å². The first-order valence-electron chi connectivity index (χ1n) is 13.2. The Morgan fingerprint density at radius 1 is 1.26 bits per heavy atom. The second-order valence-electron chi connectivity index (χ2n) is 11.7. The fourth-order valence-electron chi connectivity index (χ4n) is 5.54. The lowest BCUT2D eigenvalue weighted by Gasteiger charge is -2.27. The standard InChI is InChI=1S/C28H30N6O7S/c1-8-16-11-10-12-17(13-16)34(25(35)40-26(3,4)5)23-18-22(29-14-30-23)33(15-31-18)24-21-28(41-27(6,7)39-21)19(20(28)38-24)32-42(36,37)9-2/h1,9-15,19-21,24,32H,2H2,3-7H3/t19?,20-,21+,24-,28-/m1/s1. The van der Waals surface area contributed by atoms with Gasteiger partial charge in [0.05, 0.1) is 18.1 Å². The number of nitrogens with zero attached hydrogens (tertiary/aromatic N) is 5. The number of terminal acetylenes is 1. The molecule has 5 atom stereocenters. The SMILES string of the molecule is C#Cc1cccc(N(C(=O)OC(C)(C)C)c2ncnc3c2ncn3[C@@H]2O[C@@H]3C(NS(=O)(=O)C=C)[C@@]34OC(C)(C)O[C@@H]24)c1. The molecule has 42 heavy (non-hydrogen) atoms. The van der Waals surface area contributed by atoms with Crippen molar-refractivity contribution < 1.29 is 32.2 Å². The van der Waals surface area contributed by atoms with Crippen LogP contribution in [0, 0.1) is 12.3 Å². The molecule has 3 fully saturated rings. The van der Waals surface area contributed by atoms with Crippen LogP contribution in [-0.2, 0) is 29.0 Å². The van der Waals surface area contributed by atoms with E-state index in [4.69, 9.17) is 25.4 Å². The Labute approximate surface area is 242 Å². The molecule has 13 nitrogen and oxygen atoms in total. The number of anilines is 2. The summed E-state index contributed by atoms with van der Waals surface area (Å²) in [7, 11) is -3.76. The van der Waals surface area contributed by atoms with Crippen LogP contribution in [0.3, 0.4) is 0 Å². The number of sulfonamides is 1. The summed E-state index contributed by atoms with van der Waals surface area (Å²) in [5, 5.41) is 0.836. The lowest BCUT2D eigenvalue weighted by Crippen LogP contribution is -2.40. The number of hydrogen-bond acceptors (Lipinski definition) is 10. The van der Waals surface area contributed by atoms with Crippen LogP contribution >= 0.6 is 0 Å². The molecule has 1 unspecified atom stereocenters. The van der Waals surface area contributed by atoms with Gasteiger partial charge in [-0.25, -0.2) is 37.8 Å². The Morgan fingerprint density at radius 3 is 2.71 bits per heavy atom. The fourth-order valence-corrected chi connectivity index (χ4v) is 6.30. The zero-order chi connectivity index (χ0) is 30.2. The highest BCUT2D eigenvalue weighted by molar-refractivity contribution is 7.92. The first-order chi connectivity index (χ1) is 19.7. The molecule has 0 bridgehead atoms. The van der Waals surface area contributed by atoms with Crippen LogP contribution < -0.4 is 9.62 Å². The minimum atomic E-state index is -3.76. The van der Waals surface area contributed by atoms with E-state index in [0.717, 1.165) is 5.41 Å². The molecule has 1 amide bonds. The van der Waals surface area contributed by atoms with Gasteiger partial charge < -0.3 is 18.9 Å². The Morgan fingerprint density at radius 2 is 2.02 bits per heavy atom. The molecule has 2 aliphatic heterocycles. The fraction of sp³-hybridized carbons (Fsp3) is 0.429. The first-order valence-corrected chi connectivity index (χ1v) is 14.7. The van der Waals surface area contributed by atoms with Crippen LogP contribution in [-0.4, -0.2) is 69.3 Å². The lowest BCUT2D eigenvalue weighted by molar-refractivity contribution is -0.183. The number of carbonyl (C=O) groups is 1. The summed E-state index contributed by atoms with van der Waals surface area (Å²) in [6.45, 7) is 12.1. The number of imidazole rings is 1.